The van der Waals surface area contributed by atoms with Crippen molar-refractivity contribution in [3.63, 3.8) is 0 Å². The summed E-state index contributed by atoms with van der Waals surface area (Å²) in [6, 6.07) is 2.06. The van der Waals surface area contributed by atoms with E-state index in [1.165, 1.54) is 0 Å². The minimum Gasteiger partial charge on any atom is -0.355 e. The third-order valence-electron chi connectivity index (χ3n) is 2.42. The average Bonchev–Trinajstić information content (AvgIpc) is 2.25. The highest BCUT2D eigenvalue weighted by Gasteiger charge is 2.09. The first kappa shape index (κ1) is 11.9. The highest BCUT2D eigenvalue weighted by Crippen LogP contribution is 2.12. The number of anilines is 1. The fraction of sp³-hybridized carbons (Fsp3) is 0.636. The number of aryl methyl sites for hydroxylation is 1. The molecule has 0 spiro atoms. The van der Waals surface area contributed by atoms with Crippen LogP contribution >= 0.6 is 0 Å². The van der Waals surface area contributed by atoms with E-state index < -0.39 is 0 Å². The summed E-state index contributed by atoms with van der Waals surface area (Å²) in [6.07, 6.45) is 1.77. The highest BCUT2D eigenvalue weighted by molar-refractivity contribution is 5.38. The molecule has 4 nitrogen and oxygen atoms in total. The molecule has 1 heterocycles. The first-order valence-corrected chi connectivity index (χ1v) is 5.41. The molecule has 0 fully saturated rings. The van der Waals surface area contributed by atoms with E-state index in [1.54, 1.807) is 6.20 Å². The summed E-state index contributed by atoms with van der Waals surface area (Å²) in [4.78, 5) is 2.21. The maximum atomic E-state index is 5.62. The number of aromatic nitrogens is 2. The summed E-state index contributed by atoms with van der Waals surface area (Å²) in [5.41, 5.74) is 6.76. The van der Waals surface area contributed by atoms with E-state index in [1.807, 2.05) is 6.92 Å². The van der Waals surface area contributed by atoms with Crippen molar-refractivity contribution in [3.8, 4) is 0 Å². The third-order valence-corrected chi connectivity index (χ3v) is 2.42. The Kier molecular flexibility index (Phi) is 4.49. The molecule has 0 saturated heterocycles. The van der Waals surface area contributed by atoms with Gasteiger partial charge in [-0.1, -0.05) is 6.92 Å². The minimum atomic E-state index is 0.479. The average molecular weight is 208 g/mol. The Balaban J connectivity index is 2.73. The fourth-order valence-electron chi connectivity index (χ4n) is 1.44. The first-order valence-electron chi connectivity index (χ1n) is 5.41. The lowest BCUT2D eigenvalue weighted by atomic mass is 10.1. The lowest BCUT2D eigenvalue weighted by Crippen LogP contribution is -2.32. The van der Waals surface area contributed by atoms with Gasteiger partial charge in [-0.2, -0.15) is 5.10 Å². The monoisotopic (exact) mass is 208 g/mol. The molecule has 84 valence electrons. The zero-order valence-electron chi connectivity index (χ0n) is 9.77. The summed E-state index contributed by atoms with van der Waals surface area (Å²) in [5.74, 6) is 1.42. The molecule has 0 saturated carbocycles. The van der Waals surface area contributed by atoms with Gasteiger partial charge >= 0.3 is 0 Å². The second-order valence-corrected chi connectivity index (χ2v) is 3.97. The second kappa shape index (κ2) is 5.66. The standard InChI is InChI=1S/C11H20N4/c1-4-15(8-10(3)6-12)11-5-9(2)7-13-14-11/h5,7,10H,4,6,8,12H2,1-3H3. The molecule has 15 heavy (non-hydrogen) atoms. The van der Waals surface area contributed by atoms with Crippen LogP contribution in [-0.2, 0) is 0 Å². The fourth-order valence-corrected chi connectivity index (χ4v) is 1.44. The molecule has 1 aromatic rings. The van der Waals surface area contributed by atoms with Crippen LogP contribution in [0.3, 0.4) is 0 Å². The summed E-state index contributed by atoms with van der Waals surface area (Å²) in [6.45, 7) is 8.86. The van der Waals surface area contributed by atoms with Crippen LogP contribution in [0.4, 0.5) is 5.82 Å². The van der Waals surface area contributed by atoms with Crippen molar-refractivity contribution in [3.05, 3.63) is 17.8 Å². The Morgan fingerprint density at radius 3 is 2.80 bits per heavy atom. The summed E-state index contributed by atoms with van der Waals surface area (Å²) in [7, 11) is 0. The molecule has 0 aromatic carbocycles. The predicted molar refractivity (Wildman–Crippen MR) is 62.9 cm³/mol. The molecule has 1 atom stereocenters. The van der Waals surface area contributed by atoms with E-state index in [-0.39, 0.29) is 0 Å². The van der Waals surface area contributed by atoms with Crippen molar-refractivity contribution in [2.75, 3.05) is 24.5 Å². The van der Waals surface area contributed by atoms with Gasteiger partial charge in [-0.05, 0) is 37.9 Å². The van der Waals surface area contributed by atoms with Crippen LogP contribution in [0.2, 0.25) is 0 Å². The van der Waals surface area contributed by atoms with Crippen molar-refractivity contribution in [2.24, 2.45) is 11.7 Å². The Morgan fingerprint density at radius 2 is 2.27 bits per heavy atom. The van der Waals surface area contributed by atoms with Crippen LogP contribution in [0.1, 0.15) is 19.4 Å². The van der Waals surface area contributed by atoms with Gasteiger partial charge in [-0.25, -0.2) is 0 Å². The van der Waals surface area contributed by atoms with Crippen LogP contribution in [0, 0.1) is 12.8 Å². The van der Waals surface area contributed by atoms with Crippen LogP contribution < -0.4 is 10.6 Å². The molecule has 1 aromatic heterocycles. The second-order valence-electron chi connectivity index (χ2n) is 3.97. The van der Waals surface area contributed by atoms with E-state index in [0.29, 0.717) is 12.5 Å². The van der Waals surface area contributed by atoms with Gasteiger partial charge in [0.25, 0.3) is 0 Å². The van der Waals surface area contributed by atoms with Crippen molar-refractivity contribution in [1.29, 1.82) is 0 Å². The molecule has 0 aliphatic heterocycles. The first-order chi connectivity index (χ1) is 7.17. The van der Waals surface area contributed by atoms with Crippen LogP contribution in [0.5, 0.6) is 0 Å². The number of hydrogen-bond donors (Lipinski definition) is 1. The Labute approximate surface area is 91.5 Å². The Morgan fingerprint density at radius 1 is 1.53 bits per heavy atom. The van der Waals surface area contributed by atoms with E-state index >= 15 is 0 Å². The molecule has 0 aliphatic carbocycles. The molecule has 1 unspecified atom stereocenters. The summed E-state index contributed by atoms with van der Waals surface area (Å²) < 4.78 is 0. The molecule has 4 heteroatoms. The van der Waals surface area contributed by atoms with E-state index in [2.05, 4.69) is 35.0 Å². The third kappa shape index (κ3) is 3.47. The summed E-state index contributed by atoms with van der Waals surface area (Å²) in [5, 5.41) is 8.10. The maximum absolute atomic E-state index is 5.62. The van der Waals surface area contributed by atoms with Crippen molar-refractivity contribution in [1.82, 2.24) is 10.2 Å². The van der Waals surface area contributed by atoms with Crippen LogP contribution in [0.15, 0.2) is 12.3 Å². The number of nitrogens with two attached hydrogens (primary N) is 1. The number of hydrogen-bond acceptors (Lipinski definition) is 4. The maximum Gasteiger partial charge on any atom is 0.151 e. The van der Waals surface area contributed by atoms with Gasteiger partial charge in [-0.15, -0.1) is 5.10 Å². The lowest BCUT2D eigenvalue weighted by Gasteiger charge is -2.24. The Hall–Kier alpha value is -1.16. The van der Waals surface area contributed by atoms with Crippen molar-refractivity contribution in [2.45, 2.75) is 20.8 Å². The van der Waals surface area contributed by atoms with Crippen molar-refractivity contribution < 1.29 is 0 Å². The molecular weight excluding hydrogens is 188 g/mol. The van der Waals surface area contributed by atoms with E-state index in [4.69, 9.17) is 5.73 Å². The van der Waals surface area contributed by atoms with E-state index in [9.17, 15) is 0 Å². The molecule has 2 N–H and O–H groups in total. The van der Waals surface area contributed by atoms with E-state index in [0.717, 1.165) is 24.5 Å². The SMILES string of the molecule is CCN(CC(C)CN)c1cc(C)cnn1. The Bertz CT molecular complexity index is 300. The predicted octanol–water partition coefficient (Wildman–Crippen LogP) is 1.21. The smallest absolute Gasteiger partial charge is 0.151 e. The van der Waals surface area contributed by atoms with Gasteiger partial charge in [0, 0.05) is 13.1 Å². The van der Waals surface area contributed by atoms with Crippen LogP contribution in [0.25, 0.3) is 0 Å². The lowest BCUT2D eigenvalue weighted by molar-refractivity contribution is 0.571. The molecule has 1 rings (SSSR count). The minimum absolute atomic E-state index is 0.479. The van der Waals surface area contributed by atoms with Gasteiger partial charge in [0.05, 0.1) is 6.20 Å². The topological polar surface area (TPSA) is 55.0 Å². The molecule has 0 aliphatic rings. The molecule has 0 radical (unpaired) electrons. The normalized spacial score (nSPS) is 12.5. The highest BCUT2D eigenvalue weighted by atomic mass is 15.3. The van der Waals surface area contributed by atoms with Crippen LogP contribution in [-0.4, -0.2) is 29.8 Å². The quantitative estimate of drug-likeness (QED) is 0.790. The van der Waals surface area contributed by atoms with Gasteiger partial charge in [0.15, 0.2) is 5.82 Å². The number of nitrogens with zero attached hydrogens (tertiary/aromatic N) is 3. The largest absolute Gasteiger partial charge is 0.355 e. The van der Waals surface area contributed by atoms with Gasteiger partial charge in [0.1, 0.15) is 0 Å². The van der Waals surface area contributed by atoms with Gasteiger partial charge in [-0.3, -0.25) is 0 Å². The zero-order chi connectivity index (χ0) is 11.3. The van der Waals surface area contributed by atoms with Gasteiger partial charge < -0.3 is 10.6 Å². The van der Waals surface area contributed by atoms with Gasteiger partial charge in [0.2, 0.25) is 0 Å². The molecule has 0 bridgehead atoms. The zero-order valence-corrected chi connectivity index (χ0v) is 9.77. The molecule has 0 amide bonds. The summed E-state index contributed by atoms with van der Waals surface area (Å²) >= 11 is 0. The number of rotatable bonds is 5. The molecular formula is C11H20N4. The van der Waals surface area contributed by atoms with Crippen molar-refractivity contribution >= 4 is 5.82 Å².